The first-order valence-electron chi connectivity index (χ1n) is 14.2. The molecular formula is C31H38N4O5. The smallest absolute Gasteiger partial charge is 0.253 e. The van der Waals surface area contributed by atoms with E-state index >= 15 is 0 Å². The number of benzene rings is 2. The van der Waals surface area contributed by atoms with Crippen LogP contribution in [0.2, 0.25) is 0 Å². The van der Waals surface area contributed by atoms with Gasteiger partial charge in [0, 0.05) is 32.1 Å². The molecule has 40 heavy (non-hydrogen) atoms. The van der Waals surface area contributed by atoms with Gasteiger partial charge in [-0.05, 0) is 80.3 Å². The van der Waals surface area contributed by atoms with Crippen LogP contribution in [0.3, 0.4) is 0 Å². The topological polar surface area (TPSA) is 98.0 Å². The fourth-order valence-corrected chi connectivity index (χ4v) is 5.78. The van der Waals surface area contributed by atoms with Gasteiger partial charge in [-0.2, -0.15) is 0 Å². The van der Waals surface area contributed by atoms with Crippen molar-refractivity contribution in [3.63, 3.8) is 0 Å². The average molecular weight is 547 g/mol. The Bertz CT molecular complexity index is 1300. The third-order valence-corrected chi connectivity index (χ3v) is 8.30. The van der Waals surface area contributed by atoms with E-state index in [0.717, 1.165) is 57.4 Å². The summed E-state index contributed by atoms with van der Waals surface area (Å²) in [5, 5.41) is 7.62. The number of para-hydroxylation sites is 1. The van der Waals surface area contributed by atoms with Gasteiger partial charge in [0.2, 0.25) is 5.91 Å². The molecule has 212 valence electrons. The molecule has 1 saturated heterocycles. The van der Waals surface area contributed by atoms with Crippen LogP contribution in [0.25, 0.3) is 0 Å². The summed E-state index contributed by atoms with van der Waals surface area (Å²) in [5.41, 5.74) is 3.13. The summed E-state index contributed by atoms with van der Waals surface area (Å²) in [7, 11) is 0. The number of aryl methyl sites for hydroxylation is 2. The number of hydrogen-bond acceptors (Lipinski definition) is 7. The molecule has 0 unspecified atom stereocenters. The van der Waals surface area contributed by atoms with Crippen LogP contribution in [-0.4, -0.2) is 64.7 Å². The number of amides is 2. The number of likely N-dealkylation sites (tertiary alicyclic amines) is 1. The molecule has 9 heteroatoms. The normalized spacial score (nSPS) is 17.8. The van der Waals surface area contributed by atoms with Crippen molar-refractivity contribution in [2.75, 3.05) is 32.8 Å². The summed E-state index contributed by atoms with van der Waals surface area (Å²) in [5.74, 6) is 1.64. The lowest BCUT2D eigenvalue weighted by molar-refractivity contribution is -0.131. The van der Waals surface area contributed by atoms with Crippen molar-refractivity contribution in [3.05, 3.63) is 71.0 Å². The average Bonchev–Trinajstić information content (AvgIpc) is 3.38. The van der Waals surface area contributed by atoms with Gasteiger partial charge in [-0.25, -0.2) is 4.63 Å². The Morgan fingerprint density at radius 2 is 1.73 bits per heavy atom. The van der Waals surface area contributed by atoms with Crippen molar-refractivity contribution in [3.8, 4) is 11.5 Å². The zero-order chi connectivity index (χ0) is 28.0. The van der Waals surface area contributed by atoms with E-state index in [1.807, 2.05) is 41.0 Å². The zero-order valence-electron chi connectivity index (χ0n) is 23.4. The Kier molecular flexibility index (Phi) is 8.67. The largest absolute Gasteiger partial charge is 0.491 e. The lowest BCUT2D eigenvalue weighted by atomic mass is 9.73. The van der Waals surface area contributed by atoms with Crippen molar-refractivity contribution < 1.29 is 23.7 Å². The SMILES string of the molecule is CC(=O)N1CCC2(CCCCc3ccccc3OCCN(C(=O)c3ccc(OCc4nonc4C)cc3)C2)CC1. The Labute approximate surface area is 235 Å². The van der Waals surface area contributed by atoms with Gasteiger partial charge in [-0.15, -0.1) is 0 Å². The highest BCUT2D eigenvalue weighted by Gasteiger charge is 2.38. The molecule has 0 atom stereocenters. The fraction of sp³-hybridized carbons (Fsp3) is 0.484. The van der Waals surface area contributed by atoms with Crippen molar-refractivity contribution in [2.45, 2.75) is 59.0 Å². The van der Waals surface area contributed by atoms with Crippen molar-refractivity contribution >= 4 is 11.8 Å². The maximum Gasteiger partial charge on any atom is 0.253 e. The maximum atomic E-state index is 13.9. The highest BCUT2D eigenvalue weighted by Crippen LogP contribution is 2.39. The molecule has 2 aliphatic rings. The molecule has 1 fully saturated rings. The number of ether oxygens (including phenoxy) is 2. The van der Waals surface area contributed by atoms with Gasteiger partial charge < -0.3 is 19.3 Å². The van der Waals surface area contributed by atoms with E-state index in [4.69, 9.17) is 14.1 Å². The molecule has 5 rings (SSSR count). The molecule has 2 aromatic carbocycles. The Morgan fingerprint density at radius 3 is 2.45 bits per heavy atom. The standard InChI is InChI=1S/C31H38N4O5/c1-23-28(33-40-32-23)21-39-27-12-10-26(11-13-27)30(37)35-19-20-38-29-9-4-3-7-25(29)8-5-6-14-31(22-35)15-17-34(18-16-31)24(2)36/h3-4,7,9-13H,5-6,8,14-22H2,1-2H3. The van der Waals surface area contributed by atoms with Crippen LogP contribution in [-0.2, 0) is 17.8 Å². The predicted octanol–water partition coefficient (Wildman–Crippen LogP) is 4.83. The molecule has 1 aromatic heterocycles. The molecule has 9 nitrogen and oxygen atoms in total. The van der Waals surface area contributed by atoms with Gasteiger partial charge in [0.1, 0.15) is 36.1 Å². The van der Waals surface area contributed by atoms with E-state index in [0.29, 0.717) is 42.4 Å². The monoisotopic (exact) mass is 546 g/mol. The van der Waals surface area contributed by atoms with E-state index in [-0.39, 0.29) is 23.8 Å². The van der Waals surface area contributed by atoms with E-state index in [1.54, 1.807) is 19.1 Å². The lowest BCUT2D eigenvalue weighted by Crippen LogP contribution is -2.49. The summed E-state index contributed by atoms with van der Waals surface area (Å²) >= 11 is 0. The number of rotatable bonds is 4. The van der Waals surface area contributed by atoms with E-state index in [1.165, 1.54) is 5.56 Å². The van der Waals surface area contributed by atoms with Gasteiger partial charge in [-0.1, -0.05) is 34.9 Å². The van der Waals surface area contributed by atoms with Crippen molar-refractivity contribution in [1.29, 1.82) is 0 Å². The number of fused-ring (bicyclic) bond motifs is 1. The summed E-state index contributed by atoms with van der Waals surface area (Å²) < 4.78 is 16.8. The first-order valence-corrected chi connectivity index (χ1v) is 14.2. The third-order valence-electron chi connectivity index (χ3n) is 8.30. The summed E-state index contributed by atoms with van der Waals surface area (Å²) in [6.45, 7) is 6.74. The quantitative estimate of drug-likeness (QED) is 0.462. The molecule has 3 aromatic rings. The minimum Gasteiger partial charge on any atom is -0.491 e. The second kappa shape index (κ2) is 12.5. The predicted molar refractivity (Wildman–Crippen MR) is 149 cm³/mol. The van der Waals surface area contributed by atoms with Crippen LogP contribution in [0.4, 0.5) is 0 Å². The molecule has 2 amide bonds. The zero-order valence-corrected chi connectivity index (χ0v) is 23.4. The maximum absolute atomic E-state index is 13.9. The van der Waals surface area contributed by atoms with Gasteiger partial charge >= 0.3 is 0 Å². The molecule has 0 N–H and O–H groups in total. The van der Waals surface area contributed by atoms with Crippen molar-refractivity contribution in [2.24, 2.45) is 5.41 Å². The number of nitrogens with zero attached hydrogens (tertiary/aromatic N) is 4. The molecule has 1 spiro atoms. The summed E-state index contributed by atoms with van der Waals surface area (Å²) in [6.07, 6.45) is 5.96. The Hall–Kier alpha value is -3.88. The Balaban J connectivity index is 1.33. The van der Waals surface area contributed by atoms with Crippen LogP contribution in [0.1, 0.15) is 66.3 Å². The molecular weight excluding hydrogens is 508 g/mol. The number of hydrogen-bond donors (Lipinski definition) is 0. The number of aromatic nitrogens is 2. The van der Waals surface area contributed by atoms with Crippen LogP contribution >= 0.6 is 0 Å². The van der Waals surface area contributed by atoms with Crippen LogP contribution in [0.15, 0.2) is 53.2 Å². The third kappa shape index (κ3) is 6.63. The molecule has 0 radical (unpaired) electrons. The van der Waals surface area contributed by atoms with Gasteiger partial charge in [-0.3, -0.25) is 9.59 Å². The van der Waals surface area contributed by atoms with Crippen molar-refractivity contribution in [1.82, 2.24) is 20.1 Å². The first-order chi connectivity index (χ1) is 19.4. The Morgan fingerprint density at radius 1 is 0.950 bits per heavy atom. The van der Waals surface area contributed by atoms with Gasteiger partial charge in [0.15, 0.2) is 0 Å². The minimum absolute atomic E-state index is 0.0210. The van der Waals surface area contributed by atoms with E-state index in [9.17, 15) is 9.59 Å². The molecule has 0 saturated carbocycles. The second-order valence-corrected chi connectivity index (χ2v) is 11.0. The van der Waals surface area contributed by atoms with Gasteiger partial charge in [0.05, 0.1) is 6.54 Å². The molecule has 0 bridgehead atoms. The fourth-order valence-electron chi connectivity index (χ4n) is 5.78. The molecule has 2 aliphatic heterocycles. The molecule has 0 aliphatic carbocycles. The summed E-state index contributed by atoms with van der Waals surface area (Å²) in [4.78, 5) is 29.8. The minimum atomic E-state index is -0.0228. The number of carbonyl (C=O) groups excluding carboxylic acids is 2. The van der Waals surface area contributed by atoms with E-state index in [2.05, 4.69) is 22.4 Å². The lowest BCUT2D eigenvalue weighted by Gasteiger charge is -2.44. The number of carbonyl (C=O) groups is 2. The second-order valence-electron chi connectivity index (χ2n) is 11.0. The molecule has 3 heterocycles. The van der Waals surface area contributed by atoms with Gasteiger partial charge in [0.25, 0.3) is 5.91 Å². The van der Waals surface area contributed by atoms with Crippen LogP contribution in [0, 0.1) is 12.3 Å². The highest BCUT2D eigenvalue weighted by molar-refractivity contribution is 5.94. The first kappa shape index (κ1) is 27.7. The van der Waals surface area contributed by atoms with E-state index < -0.39 is 0 Å². The highest BCUT2D eigenvalue weighted by atomic mass is 16.6. The summed E-state index contributed by atoms with van der Waals surface area (Å²) in [6, 6.07) is 15.4. The van der Waals surface area contributed by atoms with Crippen LogP contribution in [0.5, 0.6) is 11.5 Å². The number of piperidine rings is 1. The van der Waals surface area contributed by atoms with Crippen LogP contribution < -0.4 is 9.47 Å².